The lowest BCUT2D eigenvalue weighted by atomic mass is 10.2. The van der Waals surface area contributed by atoms with Gasteiger partial charge >= 0.3 is 0 Å². The zero-order chi connectivity index (χ0) is 14.4. The summed E-state index contributed by atoms with van der Waals surface area (Å²) in [5.41, 5.74) is 1.90. The van der Waals surface area contributed by atoms with Crippen molar-refractivity contribution in [2.45, 2.75) is 13.0 Å². The Kier molecular flexibility index (Phi) is 4.84. The van der Waals surface area contributed by atoms with Gasteiger partial charge in [0.25, 0.3) is 0 Å². The van der Waals surface area contributed by atoms with Crippen LogP contribution >= 0.6 is 0 Å². The van der Waals surface area contributed by atoms with Crippen LogP contribution < -0.4 is 14.8 Å². The van der Waals surface area contributed by atoms with Gasteiger partial charge in [-0.1, -0.05) is 0 Å². The van der Waals surface area contributed by atoms with Crippen molar-refractivity contribution in [1.29, 1.82) is 0 Å². The van der Waals surface area contributed by atoms with E-state index in [1.165, 1.54) is 0 Å². The Bertz CT molecular complexity index is 528. The van der Waals surface area contributed by atoms with E-state index in [2.05, 4.69) is 15.5 Å². The number of aromatic amines is 1. The van der Waals surface area contributed by atoms with Crippen LogP contribution in [0.3, 0.4) is 0 Å². The molecule has 0 aliphatic rings. The molecule has 0 aliphatic heterocycles. The molecule has 2 rings (SSSR count). The van der Waals surface area contributed by atoms with Crippen molar-refractivity contribution in [3.05, 3.63) is 36.2 Å². The average molecular weight is 277 g/mol. The third kappa shape index (κ3) is 3.42. The Morgan fingerprint density at radius 1 is 1.35 bits per heavy atom. The van der Waals surface area contributed by atoms with Crippen LogP contribution in [-0.2, 0) is 0 Å². The summed E-state index contributed by atoms with van der Waals surface area (Å²) in [7, 11) is 1.58. The molecule has 1 aromatic carbocycles. The molecule has 0 saturated carbocycles. The highest BCUT2D eigenvalue weighted by molar-refractivity contribution is 5.55. The number of methoxy groups -OCH3 is 1. The molecule has 0 amide bonds. The maximum atomic E-state index is 8.84. The van der Waals surface area contributed by atoms with Crippen LogP contribution in [0.4, 0.5) is 5.69 Å². The molecule has 0 radical (unpaired) electrons. The summed E-state index contributed by atoms with van der Waals surface area (Å²) in [6.07, 6.45) is 1.72. The van der Waals surface area contributed by atoms with Crippen LogP contribution in [0, 0.1) is 0 Å². The number of nitrogens with zero attached hydrogens (tertiary/aromatic N) is 1. The van der Waals surface area contributed by atoms with Crippen LogP contribution in [0.5, 0.6) is 11.5 Å². The van der Waals surface area contributed by atoms with Crippen LogP contribution in [0.2, 0.25) is 0 Å². The second-order valence-electron chi connectivity index (χ2n) is 4.32. The molecular weight excluding hydrogens is 258 g/mol. The first-order valence-electron chi connectivity index (χ1n) is 6.42. The molecular formula is C14H19N3O3. The van der Waals surface area contributed by atoms with E-state index in [4.69, 9.17) is 14.6 Å². The smallest absolute Gasteiger partial charge is 0.163 e. The highest BCUT2D eigenvalue weighted by Crippen LogP contribution is 2.31. The summed E-state index contributed by atoms with van der Waals surface area (Å²) in [4.78, 5) is 0. The Morgan fingerprint density at radius 2 is 2.20 bits per heavy atom. The molecule has 6 heteroatoms. The molecule has 0 aliphatic carbocycles. The fourth-order valence-corrected chi connectivity index (χ4v) is 1.87. The van der Waals surface area contributed by atoms with Crippen LogP contribution in [0.25, 0.3) is 0 Å². The Hall–Kier alpha value is -2.21. The van der Waals surface area contributed by atoms with Gasteiger partial charge in [-0.3, -0.25) is 5.10 Å². The lowest BCUT2D eigenvalue weighted by Gasteiger charge is -2.16. The maximum Gasteiger partial charge on any atom is 0.163 e. The van der Waals surface area contributed by atoms with Crippen LogP contribution in [0.15, 0.2) is 30.5 Å². The predicted octanol–water partition coefficient (Wildman–Crippen LogP) is 1.96. The number of aliphatic hydroxyl groups is 1. The summed E-state index contributed by atoms with van der Waals surface area (Å²) < 4.78 is 10.7. The van der Waals surface area contributed by atoms with Gasteiger partial charge in [-0.2, -0.15) is 5.10 Å². The molecule has 1 atom stereocenters. The van der Waals surface area contributed by atoms with E-state index < -0.39 is 0 Å². The zero-order valence-electron chi connectivity index (χ0n) is 11.6. The topological polar surface area (TPSA) is 79.4 Å². The first-order chi connectivity index (χ1) is 9.74. The second-order valence-corrected chi connectivity index (χ2v) is 4.32. The van der Waals surface area contributed by atoms with Gasteiger partial charge in [-0.05, 0) is 25.1 Å². The molecule has 1 unspecified atom stereocenters. The SMILES string of the molecule is COc1ccc(NC(C)c2ccn[nH]2)cc1OCCO. The first kappa shape index (κ1) is 14.2. The Labute approximate surface area is 117 Å². The molecule has 0 spiro atoms. The third-order valence-electron chi connectivity index (χ3n) is 2.88. The van der Waals surface area contributed by atoms with Gasteiger partial charge in [0.2, 0.25) is 0 Å². The van der Waals surface area contributed by atoms with Crippen LogP contribution in [0.1, 0.15) is 18.7 Å². The number of aromatic nitrogens is 2. The number of hydrogen-bond acceptors (Lipinski definition) is 5. The van der Waals surface area contributed by atoms with E-state index in [1.54, 1.807) is 13.3 Å². The standard InChI is InChI=1S/C14H19N3O3/c1-10(12-5-6-15-17-12)16-11-3-4-13(19-2)14(9-11)20-8-7-18/h3-6,9-10,16,18H,7-8H2,1-2H3,(H,15,17). The number of nitrogens with one attached hydrogen (secondary N) is 2. The highest BCUT2D eigenvalue weighted by atomic mass is 16.5. The minimum atomic E-state index is -0.0364. The van der Waals surface area contributed by atoms with Crippen molar-refractivity contribution >= 4 is 5.69 Å². The van der Waals surface area contributed by atoms with E-state index in [0.29, 0.717) is 11.5 Å². The molecule has 0 bridgehead atoms. The van der Waals surface area contributed by atoms with Gasteiger partial charge in [0.05, 0.1) is 25.5 Å². The van der Waals surface area contributed by atoms with Gasteiger partial charge in [0.1, 0.15) is 6.61 Å². The highest BCUT2D eigenvalue weighted by Gasteiger charge is 2.10. The normalized spacial score (nSPS) is 11.9. The van der Waals surface area contributed by atoms with Crippen molar-refractivity contribution in [3.63, 3.8) is 0 Å². The molecule has 1 aromatic heterocycles. The molecule has 1 heterocycles. The molecule has 3 N–H and O–H groups in total. The predicted molar refractivity (Wildman–Crippen MR) is 76.2 cm³/mol. The summed E-state index contributed by atoms with van der Waals surface area (Å²) in [6, 6.07) is 7.61. The van der Waals surface area contributed by atoms with E-state index in [-0.39, 0.29) is 19.3 Å². The summed E-state index contributed by atoms with van der Waals surface area (Å²) >= 11 is 0. The molecule has 0 fully saturated rings. The second kappa shape index (κ2) is 6.81. The summed E-state index contributed by atoms with van der Waals surface area (Å²) in [6.45, 7) is 2.23. The maximum absolute atomic E-state index is 8.84. The van der Waals surface area contributed by atoms with Crippen molar-refractivity contribution in [2.75, 3.05) is 25.6 Å². The molecule has 2 aromatic rings. The van der Waals surface area contributed by atoms with E-state index in [9.17, 15) is 0 Å². The first-order valence-corrected chi connectivity index (χ1v) is 6.42. The number of hydrogen-bond donors (Lipinski definition) is 3. The van der Waals surface area contributed by atoms with Gasteiger partial charge in [0, 0.05) is 18.0 Å². The van der Waals surface area contributed by atoms with E-state index in [0.717, 1.165) is 11.4 Å². The van der Waals surface area contributed by atoms with Crippen LogP contribution in [-0.4, -0.2) is 35.6 Å². The van der Waals surface area contributed by atoms with Crippen molar-refractivity contribution in [1.82, 2.24) is 10.2 Å². The Balaban J connectivity index is 2.11. The number of aliphatic hydroxyl groups excluding tert-OH is 1. The Morgan fingerprint density at radius 3 is 2.85 bits per heavy atom. The molecule has 6 nitrogen and oxygen atoms in total. The largest absolute Gasteiger partial charge is 0.493 e. The van der Waals surface area contributed by atoms with Crippen molar-refractivity contribution < 1.29 is 14.6 Å². The monoisotopic (exact) mass is 277 g/mol. The number of benzene rings is 1. The van der Waals surface area contributed by atoms with Gasteiger partial charge in [0.15, 0.2) is 11.5 Å². The minimum Gasteiger partial charge on any atom is -0.493 e. The number of H-pyrrole nitrogens is 1. The van der Waals surface area contributed by atoms with E-state index >= 15 is 0 Å². The number of anilines is 1. The molecule has 20 heavy (non-hydrogen) atoms. The van der Waals surface area contributed by atoms with Crippen molar-refractivity contribution in [3.8, 4) is 11.5 Å². The summed E-state index contributed by atoms with van der Waals surface area (Å²) in [5.74, 6) is 1.24. The van der Waals surface area contributed by atoms with Gasteiger partial charge in [-0.25, -0.2) is 0 Å². The lowest BCUT2D eigenvalue weighted by molar-refractivity contribution is 0.196. The van der Waals surface area contributed by atoms with E-state index in [1.807, 2.05) is 31.2 Å². The molecule has 108 valence electrons. The summed E-state index contributed by atoms with van der Waals surface area (Å²) in [5, 5.41) is 19.0. The fourth-order valence-electron chi connectivity index (χ4n) is 1.87. The average Bonchev–Trinajstić information content (AvgIpc) is 2.99. The number of rotatable bonds is 7. The number of ether oxygens (including phenoxy) is 2. The van der Waals surface area contributed by atoms with Crippen molar-refractivity contribution in [2.24, 2.45) is 0 Å². The fraction of sp³-hybridized carbons (Fsp3) is 0.357. The molecule has 0 saturated heterocycles. The minimum absolute atomic E-state index is 0.0364. The van der Waals surface area contributed by atoms with Gasteiger partial charge < -0.3 is 19.9 Å². The zero-order valence-corrected chi connectivity index (χ0v) is 11.6. The van der Waals surface area contributed by atoms with Gasteiger partial charge in [-0.15, -0.1) is 0 Å². The third-order valence-corrected chi connectivity index (χ3v) is 2.88. The lowest BCUT2D eigenvalue weighted by Crippen LogP contribution is -2.08. The quantitative estimate of drug-likeness (QED) is 0.721.